The summed E-state index contributed by atoms with van der Waals surface area (Å²) >= 11 is 1.68. The van der Waals surface area contributed by atoms with E-state index in [4.69, 9.17) is 46.5 Å². The van der Waals surface area contributed by atoms with Crippen LogP contribution in [0, 0.1) is 13.8 Å². The smallest absolute Gasteiger partial charge is 0.257 e. The van der Waals surface area contributed by atoms with Gasteiger partial charge in [0.05, 0.1) is 45.7 Å². The number of aryl methyl sites for hydroxylation is 2. The Hall–Kier alpha value is -5.27. The normalized spacial score (nSPS) is 24.6. The van der Waals surface area contributed by atoms with Gasteiger partial charge in [0.1, 0.15) is 41.3 Å². The Kier molecular flexibility index (Phi) is 26.9. The Balaban J connectivity index is 0.000000140. The number of hydrogen-bond donors (Lipinski definition) is 1. The van der Waals surface area contributed by atoms with Crippen molar-refractivity contribution in [2.75, 3.05) is 118 Å². The summed E-state index contributed by atoms with van der Waals surface area (Å²) in [6, 6.07) is 7.35. The minimum Gasteiger partial charge on any atom is -0.508 e. The van der Waals surface area contributed by atoms with Gasteiger partial charge >= 0.3 is 0 Å². The van der Waals surface area contributed by atoms with Crippen molar-refractivity contribution in [1.82, 2.24) is 74.9 Å². The Bertz CT molecular complexity index is 3230. The van der Waals surface area contributed by atoms with E-state index < -0.39 is 0 Å². The van der Waals surface area contributed by atoms with Crippen LogP contribution in [0.1, 0.15) is 256 Å². The van der Waals surface area contributed by atoms with Gasteiger partial charge < -0.3 is 51.6 Å². The number of aromatic nitrogens is 9. The van der Waals surface area contributed by atoms with E-state index in [0.717, 1.165) is 134 Å². The highest BCUT2D eigenvalue weighted by Crippen LogP contribution is 2.41. The van der Waals surface area contributed by atoms with E-state index in [0.29, 0.717) is 59.3 Å². The highest BCUT2D eigenvalue weighted by Gasteiger charge is 2.39. The molecule has 14 rings (SSSR count). The molecule has 558 valence electrons. The first-order chi connectivity index (χ1) is 47.0. The van der Waals surface area contributed by atoms with E-state index in [1.807, 2.05) is 30.6 Å². The number of rotatable bonds is 8. The molecule has 1 aromatic carbocycles. The summed E-state index contributed by atoms with van der Waals surface area (Å²) in [4.78, 5) is 36.2. The number of aromatic hydroxyl groups is 1. The van der Waals surface area contributed by atoms with Crippen LogP contribution >= 0.6 is 11.3 Å². The lowest BCUT2D eigenvalue weighted by atomic mass is 10.0. The van der Waals surface area contributed by atoms with E-state index in [1.165, 1.54) is 25.7 Å². The van der Waals surface area contributed by atoms with Gasteiger partial charge in [-0.25, -0.2) is 4.98 Å². The van der Waals surface area contributed by atoms with Crippen LogP contribution in [0.25, 0.3) is 0 Å². The molecular weight excluding hydrogens is 1290 g/mol. The van der Waals surface area contributed by atoms with Crippen molar-refractivity contribution in [3.05, 3.63) is 93.3 Å². The molecule has 0 spiro atoms. The standard InChI is InChI=1S/C14H21NO2.2C13H21N3O2.2C11H19N3O2.C11H18N2OS/c1-14(2,3)15-7-8-17-13(10-15)11-5-4-6-12(16)9-11;1-13(2,3)16-6-7-17-10(8-16)11-14-12(18-15-11)9-4-5-9;1-13(2,3)16-6-7-17-10(8-16)12-14-11(15-18-12)9-4-5-9;1-8-12-10(13-16-8)9-7-14(5-6-15-9)11(2,3)4;1-8-12-10(16-13-8)9-7-14(5-6-15-9)11(2,3)4;1-11(2,3)13-5-6-14-9(8-13)10-12-4-7-15-10/h4-6,9,13,16H,7-8,10H2,1-3H3;2*9-10H,4-8H2,1-3H3;2*9H,5-7H2,1-4H3;4,7,9H,5-6,8H2,1-3H3. The predicted molar refractivity (Wildman–Crippen MR) is 381 cm³/mol. The largest absolute Gasteiger partial charge is 0.508 e. The van der Waals surface area contributed by atoms with Gasteiger partial charge in [-0.2, -0.15) is 19.9 Å². The summed E-state index contributed by atoms with van der Waals surface area (Å²) in [7, 11) is 0. The molecule has 2 aliphatic carbocycles. The van der Waals surface area contributed by atoms with Crippen molar-refractivity contribution < 1.29 is 51.6 Å². The minimum absolute atomic E-state index is 0.0470. The molecule has 1 N–H and O–H groups in total. The molecule has 5 aromatic heterocycles. The molecule has 8 fully saturated rings. The maximum Gasteiger partial charge on any atom is 0.257 e. The van der Waals surface area contributed by atoms with E-state index in [-0.39, 0.29) is 69.9 Å². The van der Waals surface area contributed by atoms with Gasteiger partial charge in [-0.1, -0.05) is 32.8 Å². The zero-order chi connectivity index (χ0) is 72.4. The van der Waals surface area contributed by atoms with Gasteiger partial charge in [-0.3, -0.25) is 29.4 Å². The molecule has 6 aromatic rings. The SMILES string of the molecule is CC(C)(C)N1CCOC(c2cccc(O)c2)C1.CC(C)(C)N1CCOC(c2nc(C3CC3)no2)C1.CC(C)(C)N1CCOC(c2nccs2)C1.CC(C)(C)N1CCOC(c2noc(C3CC3)n2)C1.Cc1nc(C2CN(C(C)(C)C)CCO2)no1.Cc1noc(C2CN(C(C)(C)C)CCO2)n1. The van der Waals surface area contributed by atoms with Crippen LogP contribution in [0.3, 0.4) is 0 Å². The first-order valence-electron chi connectivity index (χ1n) is 36.2. The molecule has 0 amide bonds. The van der Waals surface area contributed by atoms with Gasteiger partial charge in [0, 0.05) is 142 Å². The fourth-order valence-electron chi connectivity index (χ4n) is 12.3. The summed E-state index contributed by atoms with van der Waals surface area (Å²) in [5, 5.41) is 28.5. The third-order valence-electron chi connectivity index (χ3n) is 19.1. The predicted octanol–water partition coefficient (Wildman–Crippen LogP) is 12.2. The second-order valence-corrected chi connectivity index (χ2v) is 34.1. The lowest BCUT2D eigenvalue weighted by Gasteiger charge is -2.41. The fraction of sp³-hybridized carbons (Fsp3) is 0.767. The van der Waals surface area contributed by atoms with E-state index in [2.05, 4.69) is 200 Å². The summed E-state index contributed by atoms with van der Waals surface area (Å²) in [6.07, 6.45) is 6.55. The Morgan fingerprint density at radius 3 is 1.18 bits per heavy atom. The fourth-order valence-corrected chi connectivity index (χ4v) is 13.0. The molecule has 8 aliphatic rings. The number of phenols is 1. The van der Waals surface area contributed by atoms with Gasteiger partial charge in [-0.05, 0) is 175 Å². The van der Waals surface area contributed by atoms with Crippen molar-refractivity contribution in [1.29, 1.82) is 0 Å². The maximum atomic E-state index is 9.50. The molecule has 11 heterocycles. The van der Waals surface area contributed by atoms with Crippen LogP contribution < -0.4 is 0 Å². The maximum absolute atomic E-state index is 9.50. The number of ether oxygens (including phenoxy) is 6. The molecule has 2 saturated carbocycles. The van der Waals surface area contributed by atoms with Crippen LogP contribution in [0.4, 0.5) is 0 Å². The van der Waals surface area contributed by atoms with Crippen LogP contribution in [0.5, 0.6) is 5.75 Å². The van der Waals surface area contributed by atoms with Gasteiger partial charge in [0.2, 0.25) is 23.4 Å². The lowest BCUT2D eigenvalue weighted by Crippen LogP contribution is -2.49. The highest BCUT2D eigenvalue weighted by atomic mass is 32.1. The molecule has 6 unspecified atom stereocenters. The number of morpholine rings is 6. The Labute approximate surface area is 598 Å². The first-order valence-corrected chi connectivity index (χ1v) is 37.1. The van der Waals surface area contributed by atoms with E-state index in [1.54, 1.807) is 30.4 Å². The average molecular weight is 1410 g/mol. The van der Waals surface area contributed by atoms with Crippen molar-refractivity contribution in [2.45, 2.75) is 246 Å². The zero-order valence-corrected chi connectivity index (χ0v) is 64.6. The summed E-state index contributed by atoms with van der Waals surface area (Å²) in [6.45, 7) is 59.0. The second kappa shape index (κ2) is 34.1. The number of hydrogen-bond acceptors (Lipinski definition) is 27. The quantitative estimate of drug-likeness (QED) is 0.148. The van der Waals surface area contributed by atoms with E-state index in [9.17, 15) is 5.11 Å². The average Bonchev–Trinajstić information content (AvgIpc) is 1.58. The Morgan fingerprint density at radius 2 is 0.770 bits per heavy atom. The van der Waals surface area contributed by atoms with Crippen molar-refractivity contribution >= 4 is 11.3 Å². The second-order valence-electron chi connectivity index (χ2n) is 33.2. The lowest BCUT2D eigenvalue weighted by molar-refractivity contribution is -0.0714. The monoisotopic (exact) mass is 1410 g/mol. The molecule has 0 radical (unpaired) electrons. The summed E-state index contributed by atoms with van der Waals surface area (Å²) in [5.74, 6) is 6.85. The molecule has 100 heavy (non-hydrogen) atoms. The Morgan fingerprint density at radius 1 is 0.400 bits per heavy atom. The van der Waals surface area contributed by atoms with E-state index >= 15 is 0 Å². The van der Waals surface area contributed by atoms with Crippen molar-refractivity contribution in [3.63, 3.8) is 0 Å². The van der Waals surface area contributed by atoms with Gasteiger partial charge in [0.15, 0.2) is 11.6 Å². The van der Waals surface area contributed by atoms with Crippen LogP contribution in [-0.4, -0.2) is 231 Å². The van der Waals surface area contributed by atoms with Crippen LogP contribution in [0.2, 0.25) is 0 Å². The highest BCUT2D eigenvalue weighted by molar-refractivity contribution is 7.09. The summed E-state index contributed by atoms with van der Waals surface area (Å²) in [5.41, 5.74) is 2.06. The third-order valence-corrected chi connectivity index (χ3v) is 19.9. The molecule has 6 atom stereocenters. The summed E-state index contributed by atoms with van der Waals surface area (Å²) < 4.78 is 55.2. The molecule has 26 nitrogen and oxygen atoms in total. The first kappa shape index (κ1) is 78.9. The molecule has 27 heteroatoms. The molecular formula is C73H119N15O11S. The zero-order valence-electron chi connectivity index (χ0n) is 63.8. The molecule has 6 saturated heterocycles. The number of benzene rings is 1. The topological polar surface area (TPSA) is 264 Å². The minimum atomic E-state index is -0.0887. The van der Waals surface area contributed by atoms with Crippen LogP contribution in [-0.2, 0) is 28.4 Å². The van der Waals surface area contributed by atoms with Crippen LogP contribution in [0.15, 0.2) is 53.9 Å². The van der Waals surface area contributed by atoms with Crippen molar-refractivity contribution in [2.24, 2.45) is 0 Å². The third kappa shape index (κ3) is 23.6. The van der Waals surface area contributed by atoms with Gasteiger partial charge in [-0.15, -0.1) is 11.3 Å². The number of thiazole rings is 1. The number of phenolic OH excluding ortho intramolecular Hbond substituents is 1. The number of nitrogens with zero attached hydrogens (tertiary/aromatic N) is 15. The molecule has 0 bridgehead atoms. The van der Waals surface area contributed by atoms with Crippen molar-refractivity contribution in [3.8, 4) is 5.75 Å². The molecule has 6 aliphatic heterocycles. The van der Waals surface area contributed by atoms with Gasteiger partial charge in [0.25, 0.3) is 11.8 Å².